The summed E-state index contributed by atoms with van der Waals surface area (Å²) in [6.45, 7) is 4.30. The molecule has 4 heterocycles. The molecule has 0 spiro atoms. The first-order valence-electron chi connectivity index (χ1n) is 9.16. The van der Waals surface area contributed by atoms with Crippen LogP contribution in [-0.2, 0) is 6.54 Å². The Labute approximate surface area is 141 Å². The number of fused-ring (bicyclic) bond motifs is 3. The minimum Gasteiger partial charge on any atom is -0.497 e. The number of H-pyrrole nitrogens is 1. The molecule has 4 bridgehead atoms. The van der Waals surface area contributed by atoms with E-state index in [1.807, 2.05) is 18.2 Å². The first-order chi connectivity index (χ1) is 11.7. The lowest BCUT2D eigenvalue weighted by molar-refractivity contribution is -0.0345. The zero-order valence-electron chi connectivity index (χ0n) is 14.3. The fourth-order valence-electron chi connectivity index (χ4n) is 5.64. The summed E-state index contributed by atoms with van der Waals surface area (Å²) in [6.07, 6.45) is 3.86. The molecule has 1 aliphatic carbocycles. The van der Waals surface area contributed by atoms with Crippen LogP contribution < -0.4 is 10.2 Å². The number of ether oxygens (including phenoxy) is 1. The van der Waals surface area contributed by atoms with Gasteiger partial charge in [0.1, 0.15) is 5.75 Å². The number of rotatable bonds is 2. The predicted molar refractivity (Wildman–Crippen MR) is 94.6 cm³/mol. The molecule has 5 atom stereocenters. The van der Waals surface area contributed by atoms with Crippen LogP contribution in [0.1, 0.15) is 43.4 Å². The number of pyridine rings is 1. The van der Waals surface area contributed by atoms with E-state index >= 15 is 0 Å². The molecule has 0 amide bonds. The number of aromatic nitrogens is 1. The molecule has 1 saturated carbocycles. The maximum Gasteiger partial charge on any atom is 0.194 e. The van der Waals surface area contributed by atoms with Gasteiger partial charge in [0.15, 0.2) is 5.43 Å². The molecule has 6 rings (SSSR count). The smallest absolute Gasteiger partial charge is 0.194 e. The molecule has 1 aromatic heterocycles. The molecular formula is C20H24N2O2. The molecule has 4 heteroatoms. The Kier molecular flexibility index (Phi) is 3.08. The van der Waals surface area contributed by atoms with E-state index in [0.29, 0.717) is 12.0 Å². The van der Waals surface area contributed by atoms with E-state index in [4.69, 9.17) is 4.74 Å². The lowest BCUT2D eigenvalue weighted by atomic mass is 9.63. The van der Waals surface area contributed by atoms with Crippen LogP contribution in [0.15, 0.2) is 23.0 Å². The highest BCUT2D eigenvalue weighted by molar-refractivity contribution is 5.81. The molecule has 24 heavy (non-hydrogen) atoms. The summed E-state index contributed by atoms with van der Waals surface area (Å²) in [6, 6.07) is 6.41. The van der Waals surface area contributed by atoms with Crippen molar-refractivity contribution in [3.63, 3.8) is 0 Å². The number of nitrogens with zero attached hydrogens (tertiary/aromatic N) is 1. The van der Waals surface area contributed by atoms with Gasteiger partial charge in [0.2, 0.25) is 0 Å². The van der Waals surface area contributed by atoms with Crippen LogP contribution in [0.25, 0.3) is 10.9 Å². The molecule has 3 fully saturated rings. The Balaban J connectivity index is 1.71. The summed E-state index contributed by atoms with van der Waals surface area (Å²) in [7, 11) is 1.64. The minimum atomic E-state index is 0.193. The first-order valence-corrected chi connectivity index (χ1v) is 9.16. The standard InChI is InChI=1S/C20H24N2O2/c1-3-12-6-11-7-15-18-16(10-22(9-11)19(12)15)20(23)14-8-13(24-2)4-5-17(14)21-18/h4-5,8,11-12,15,19H,3,6-7,9-10H2,1-2H3,(H,21,23). The Morgan fingerprint density at radius 3 is 3.00 bits per heavy atom. The van der Waals surface area contributed by atoms with Crippen LogP contribution in [0.3, 0.4) is 0 Å². The molecule has 5 unspecified atom stereocenters. The maximum atomic E-state index is 13.1. The van der Waals surface area contributed by atoms with Gasteiger partial charge < -0.3 is 9.72 Å². The van der Waals surface area contributed by atoms with Crippen LogP contribution in [0.5, 0.6) is 5.75 Å². The average molecular weight is 324 g/mol. The van der Waals surface area contributed by atoms with Gasteiger partial charge in [-0.15, -0.1) is 0 Å². The predicted octanol–water partition coefficient (Wildman–Crippen LogP) is 3.25. The van der Waals surface area contributed by atoms with Crippen molar-refractivity contribution in [1.29, 1.82) is 0 Å². The fraction of sp³-hybridized carbons (Fsp3) is 0.550. The summed E-state index contributed by atoms with van der Waals surface area (Å²) in [5.41, 5.74) is 3.36. The molecule has 2 aromatic rings. The highest BCUT2D eigenvalue weighted by atomic mass is 16.5. The van der Waals surface area contributed by atoms with Crippen LogP contribution in [-0.4, -0.2) is 29.6 Å². The van der Waals surface area contributed by atoms with Crippen molar-refractivity contribution in [3.8, 4) is 5.75 Å². The molecule has 4 aliphatic rings. The zero-order chi connectivity index (χ0) is 16.4. The Morgan fingerprint density at radius 1 is 1.33 bits per heavy atom. The number of nitrogens with one attached hydrogen (secondary N) is 1. The highest BCUT2D eigenvalue weighted by Gasteiger charge is 2.50. The molecule has 1 aromatic carbocycles. The van der Waals surface area contributed by atoms with E-state index in [0.717, 1.165) is 40.6 Å². The number of methoxy groups -OCH3 is 1. The van der Waals surface area contributed by atoms with Crippen molar-refractivity contribution in [2.24, 2.45) is 11.8 Å². The summed E-state index contributed by atoms with van der Waals surface area (Å²) >= 11 is 0. The average Bonchev–Trinajstić information content (AvgIpc) is 2.62. The van der Waals surface area contributed by atoms with Crippen molar-refractivity contribution in [3.05, 3.63) is 39.7 Å². The van der Waals surface area contributed by atoms with E-state index in [9.17, 15) is 4.79 Å². The second-order valence-corrected chi connectivity index (χ2v) is 7.79. The molecule has 3 aliphatic heterocycles. The second-order valence-electron chi connectivity index (χ2n) is 7.79. The summed E-state index contributed by atoms with van der Waals surface area (Å²) in [5, 5.41) is 0.756. The van der Waals surface area contributed by atoms with Crippen molar-refractivity contribution in [2.45, 2.75) is 44.7 Å². The van der Waals surface area contributed by atoms with Gasteiger partial charge in [-0.05, 0) is 42.9 Å². The number of hydrogen-bond acceptors (Lipinski definition) is 3. The van der Waals surface area contributed by atoms with Gasteiger partial charge in [-0.3, -0.25) is 9.69 Å². The SMILES string of the molecule is CCC1CC2CC3c4[nH]c5ccc(OC)cc5c(=O)c4CN(C2)C13. The van der Waals surface area contributed by atoms with Crippen molar-refractivity contribution >= 4 is 10.9 Å². The Hall–Kier alpha value is -1.81. The van der Waals surface area contributed by atoms with Gasteiger partial charge in [-0.2, -0.15) is 0 Å². The third-order valence-electron chi connectivity index (χ3n) is 6.63. The van der Waals surface area contributed by atoms with Crippen LogP contribution in [0.4, 0.5) is 0 Å². The van der Waals surface area contributed by atoms with Gasteiger partial charge in [-0.1, -0.05) is 13.3 Å². The fourth-order valence-corrected chi connectivity index (χ4v) is 5.64. The maximum absolute atomic E-state index is 13.1. The molecule has 4 nitrogen and oxygen atoms in total. The van der Waals surface area contributed by atoms with E-state index in [1.54, 1.807) is 7.11 Å². The van der Waals surface area contributed by atoms with Crippen molar-refractivity contribution in [1.82, 2.24) is 9.88 Å². The number of benzene rings is 1. The lowest BCUT2D eigenvalue weighted by Crippen LogP contribution is -2.59. The molecule has 0 radical (unpaired) electrons. The molecule has 1 N–H and O–H groups in total. The molecule has 126 valence electrons. The number of hydrogen-bond donors (Lipinski definition) is 1. The molecule has 2 saturated heterocycles. The van der Waals surface area contributed by atoms with Crippen molar-refractivity contribution < 1.29 is 4.74 Å². The van der Waals surface area contributed by atoms with Crippen LogP contribution in [0.2, 0.25) is 0 Å². The van der Waals surface area contributed by atoms with Gasteiger partial charge >= 0.3 is 0 Å². The number of aromatic amines is 1. The normalized spacial score (nSPS) is 33.5. The van der Waals surface area contributed by atoms with E-state index in [2.05, 4.69) is 16.8 Å². The van der Waals surface area contributed by atoms with Gasteiger partial charge in [0, 0.05) is 47.2 Å². The summed E-state index contributed by atoms with van der Waals surface area (Å²) in [5.74, 6) is 2.83. The van der Waals surface area contributed by atoms with E-state index in [-0.39, 0.29) is 5.43 Å². The van der Waals surface area contributed by atoms with Gasteiger partial charge in [0.05, 0.1) is 7.11 Å². The Bertz CT molecular complexity index is 872. The third kappa shape index (κ3) is 1.86. The monoisotopic (exact) mass is 324 g/mol. The number of piperidine rings is 2. The second kappa shape index (κ2) is 5.09. The van der Waals surface area contributed by atoms with Crippen LogP contribution >= 0.6 is 0 Å². The van der Waals surface area contributed by atoms with E-state index < -0.39 is 0 Å². The zero-order valence-corrected chi connectivity index (χ0v) is 14.3. The minimum absolute atomic E-state index is 0.193. The third-order valence-corrected chi connectivity index (χ3v) is 6.63. The van der Waals surface area contributed by atoms with Crippen molar-refractivity contribution in [2.75, 3.05) is 13.7 Å². The Morgan fingerprint density at radius 2 is 2.21 bits per heavy atom. The lowest BCUT2D eigenvalue weighted by Gasteiger charge is -2.56. The van der Waals surface area contributed by atoms with Gasteiger partial charge in [0.25, 0.3) is 0 Å². The largest absolute Gasteiger partial charge is 0.497 e. The first kappa shape index (κ1) is 14.5. The molecular weight excluding hydrogens is 300 g/mol. The summed E-state index contributed by atoms with van der Waals surface area (Å²) in [4.78, 5) is 19.4. The topological polar surface area (TPSA) is 45.3 Å². The highest BCUT2D eigenvalue weighted by Crippen LogP contribution is 2.51. The quantitative estimate of drug-likeness (QED) is 0.922. The van der Waals surface area contributed by atoms with Gasteiger partial charge in [-0.25, -0.2) is 0 Å². The summed E-state index contributed by atoms with van der Waals surface area (Å²) < 4.78 is 5.30. The van der Waals surface area contributed by atoms with Crippen LogP contribution in [0, 0.1) is 11.8 Å². The van der Waals surface area contributed by atoms with E-state index in [1.165, 1.54) is 31.5 Å².